The first-order valence-corrected chi connectivity index (χ1v) is 5.64. The molecule has 0 fully saturated rings. The van der Waals surface area contributed by atoms with Crippen LogP contribution >= 0.6 is 0 Å². The summed E-state index contributed by atoms with van der Waals surface area (Å²) in [5.74, 6) is 0. The lowest BCUT2D eigenvalue weighted by molar-refractivity contribution is 0.402. The van der Waals surface area contributed by atoms with Crippen LogP contribution < -0.4 is 4.90 Å². The maximum atomic E-state index is 2.37. The van der Waals surface area contributed by atoms with E-state index in [4.69, 9.17) is 0 Å². The van der Waals surface area contributed by atoms with Gasteiger partial charge in [0.05, 0.1) is 0 Å². The molecule has 0 bridgehead atoms. The lowest BCUT2D eigenvalue weighted by atomic mass is 9.99. The molecule has 0 atom stereocenters. The number of aryl methyl sites for hydroxylation is 1. The molecule has 0 saturated heterocycles. The van der Waals surface area contributed by atoms with Crippen molar-refractivity contribution >= 4 is 5.69 Å². The average molecular weight is 204 g/mol. The molecular formula is C13H20N2. The van der Waals surface area contributed by atoms with Crippen LogP contribution in [-0.4, -0.2) is 32.6 Å². The van der Waals surface area contributed by atoms with E-state index >= 15 is 0 Å². The maximum Gasteiger partial charge on any atom is 0.0396 e. The number of rotatable bonds is 2. The minimum absolute atomic E-state index is 1.04. The van der Waals surface area contributed by atoms with Gasteiger partial charge in [-0.1, -0.05) is 12.1 Å². The molecule has 1 aromatic carbocycles. The molecule has 82 valence electrons. The highest BCUT2D eigenvalue weighted by Crippen LogP contribution is 2.26. The molecule has 0 unspecified atom stereocenters. The summed E-state index contributed by atoms with van der Waals surface area (Å²) in [6.45, 7) is 2.23. The van der Waals surface area contributed by atoms with E-state index in [2.05, 4.69) is 49.1 Å². The minimum Gasteiger partial charge on any atom is -0.374 e. The van der Waals surface area contributed by atoms with Gasteiger partial charge in [0.25, 0.3) is 0 Å². The third-order valence-electron chi connectivity index (χ3n) is 2.99. The first-order valence-electron chi connectivity index (χ1n) is 5.64. The second-order valence-electron chi connectivity index (χ2n) is 4.73. The van der Waals surface area contributed by atoms with E-state index in [0.717, 1.165) is 6.54 Å². The molecule has 0 N–H and O–H groups in total. The lowest BCUT2D eigenvalue weighted by Gasteiger charge is -2.28. The Labute approximate surface area is 92.5 Å². The largest absolute Gasteiger partial charge is 0.374 e. The second-order valence-corrected chi connectivity index (χ2v) is 4.73. The summed E-state index contributed by atoms with van der Waals surface area (Å²) in [6.07, 6.45) is 2.52. The Morgan fingerprint density at radius 1 is 1.33 bits per heavy atom. The van der Waals surface area contributed by atoms with Gasteiger partial charge < -0.3 is 9.80 Å². The third-order valence-corrected chi connectivity index (χ3v) is 2.99. The van der Waals surface area contributed by atoms with Crippen molar-refractivity contribution in [3.05, 3.63) is 29.3 Å². The molecule has 0 aliphatic carbocycles. The standard InChI is InChI=1S/C13H20N2/c1-14(2)10-11-6-7-13-12(9-11)5-4-8-15(13)3/h6-7,9H,4-5,8,10H2,1-3H3. The maximum absolute atomic E-state index is 2.37. The SMILES string of the molecule is CN(C)Cc1ccc2c(c1)CCCN2C. The van der Waals surface area contributed by atoms with Crippen LogP contribution in [0.4, 0.5) is 5.69 Å². The summed E-state index contributed by atoms with van der Waals surface area (Å²) in [7, 11) is 6.42. The fourth-order valence-electron chi connectivity index (χ4n) is 2.30. The Kier molecular flexibility index (Phi) is 2.96. The number of hydrogen-bond acceptors (Lipinski definition) is 2. The zero-order chi connectivity index (χ0) is 10.8. The average Bonchev–Trinajstić information content (AvgIpc) is 2.17. The van der Waals surface area contributed by atoms with E-state index < -0.39 is 0 Å². The predicted octanol–water partition coefficient (Wildman–Crippen LogP) is 2.13. The van der Waals surface area contributed by atoms with Gasteiger partial charge in [0, 0.05) is 25.8 Å². The Hall–Kier alpha value is -1.02. The third kappa shape index (κ3) is 2.32. The fraction of sp³-hybridized carbons (Fsp3) is 0.538. The predicted molar refractivity (Wildman–Crippen MR) is 65.4 cm³/mol. The van der Waals surface area contributed by atoms with Crippen molar-refractivity contribution in [2.24, 2.45) is 0 Å². The van der Waals surface area contributed by atoms with Crippen molar-refractivity contribution in [1.29, 1.82) is 0 Å². The molecule has 1 aliphatic heterocycles. The Morgan fingerprint density at radius 3 is 2.87 bits per heavy atom. The van der Waals surface area contributed by atoms with Crippen LogP contribution in [0.25, 0.3) is 0 Å². The molecule has 0 radical (unpaired) electrons. The van der Waals surface area contributed by atoms with Crippen LogP contribution in [0.1, 0.15) is 17.5 Å². The zero-order valence-electron chi connectivity index (χ0n) is 9.95. The Balaban J connectivity index is 2.25. The summed E-state index contributed by atoms with van der Waals surface area (Å²) in [4.78, 5) is 4.58. The highest BCUT2D eigenvalue weighted by Gasteiger charge is 2.13. The van der Waals surface area contributed by atoms with Crippen molar-refractivity contribution in [3.8, 4) is 0 Å². The smallest absolute Gasteiger partial charge is 0.0396 e. The minimum atomic E-state index is 1.04. The summed E-state index contributed by atoms with van der Waals surface area (Å²) in [5.41, 5.74) is 4.36. The van der Waals surface area contributed by atoms with Gasteiger partial charge in [-0.25, -0.2) is 0 Å². The van der Waals surface area contributed by atoms with E-state index in [1.54, 1.807) is 0 Å². The van der Waals surface area contributed by atoms with E-state index in [1.165, 1.54) is 36.2 Å². The summed E-state index contributed by atoms with van der Waals surface area (Å²) in [6, 6.07) is 6.89. The van der Waals surface area contributed by atoms with Crippen molar-refractivity contribution < 1.29 is 0 Å². The normalized spacial score (nSPS) is 15.6. The number of anilines is 1. The van der Waals surface area contributed by atoms with Crippen LogP contribution in [0.15, 0.2) is 18.2 Å². The molecule has 1 aliphatic rings. The van der Waals surface area contributed by atoms with Gasteiger partial charge in [-0.15, -0.1) is 0 Å². The molecular weight excluding hydrogens is 184 g/mol. The van der Waals surface area contributed by atoms with Crippen LogP contribution in [0.5, 0.6) is 0 Å². The molecule has 2 rings (SSSR count). The van der Waals surface area contributed by atoms with Crippen LogP contribution in [0, 0.1) is 0 Å². The first kappa shape index (κ1) is 10.5. The van der Waals surface area contributed by atoms with Gasteiger partial charge in [0.15, 0.2) is 0 Å². The molecule has 1 heterocycles. The summed E-state index contributed by atoms with van der Waals surface area (Å²) in [5, 5.41) is 0. The van der Waals surface area contributed by atoms with Gasteiger partial charge >= 0.3 is 0 Å². The topological polar surface area (TPSA) is 6.48 Å². The van der Waals surface area contributed by atoms with Crippen molar-refractivity contribution in [2.75, 3.05) is 32.6 Å². The highest BCUT2D eigenvalue weighted by atomic mass is 15.1. The van der Waals surface area contributed by atoms with Gasteiger partial charge in [0.1, 0.15) is 0 Å². The number of hydrogen-bond donors (Lipinski definition) is 0. The fourth-order valence-corrected chi connectivity index (χ4v) is 2.30. The highest BCUT2D eigenvalue weighted by molar-refractivity contribution is 5.56. The van der Waals surface area contributed by atoms with E-state index in [9.17, 15) is 0 Å². The van der Waals surface area contributed by atoms with Gasteiger partial charge in [-0.3, -0.25) is 0 Å². The Morgan fingerprint density at radius 2 is 2.13 bits per heavy atom. The quantitative estimate of drug-likeness (QED) is 0.728. The Bertz CT molecular complexity index is 344. The van der Waals surface area contributed by atoms with Crippen LogP contribution in [0.3, 0.4) is 0 Å². The molecule has 15 heavy (non-hydrogen) atoms. The molecule has 1 aromatic rings. The second kappa shape index (κ2) is 4.23. The van der Waals surface area contributed by atoms with Crippen LogP contribution in [-0.2, 0) is 13.0 Å². The molecule has 0 aromatic heterocycles. The molecule has 0 spiro atoms. The first-order chi connectivity index (χ1) is 7.16. The van der Waals surface area contributed by atoms with Crippen molar-refractivity contribution in [3.63, 3.8) is 0 Å². The zero-order valence-corrected chi connectivity index (χ0v) is 9.95. The van der Waals surface area contributed by atoms with E-state index in [1.807, 2.05) is 0 Å². The number of benzene rings is 1. The summed E-state index contributed by atoms with van der Waals surface area (Å²) >= 11 is 0. The van der Waals surface area contributed by atoms with Gasteiger partial charge in [-0.2, -0.15) is 0 Å². The molecule has 0 saturated carbocycles. The molecule has 2 nitrogen and oxygen atoms in total. The molecule has 0 amide bonds. The lowest BCUT2D eigenvalue weighted by Crippen LogP contribution is -2.24. The molecule has 2 heteroatoms. The summed E-state index contributed by atoms with van der Waals surface area (Å²) < 4.78 is 0. The monoisotopic (exact) mass is 204 g/mol. The van der Waals surface area contributed by atoms with Crippen LogP contribution in [0.2, 0.25) is 0 Å². The van der Waals surface area contributed by atoms with Crippen molar-refractivity contribution in [2.45, 2.75) is 19.4 Å². The van der Waals surface area contributed by atoms with Gasteiger partial charge in [0.2, 0.25) is 0 Å². The van der Waals surface area contributed by atoms with Crippen molar-refractivity contribution in [1.82, 2.24) is 4.90 Å². The van der Waals surface area contributed by atoms with E-state index in [0.29, 0.717) is 0 Å². The number of nitrogens with zero attached hydrogens (tertiary/aromatic N) is 2. The van der Waals surface area contributed by atoms with Gasteiger partial charge in [-0.05, 0) is 44.1 Å². The van der Waals surface area contributed by atoms with E-state index in [-0.39, 0.29) is 0 Å². The number of fused-ring (bicyclic) bond motifs is 1.